The van der Waals surface area contributed by atoms with Gasteiger partial charge < -0.3 is 9.64 Å². The summed E-state index contributed by atoms with van der Waals surface area (Å²) < 4.78 is 6.10. The fourth-order valence-corrected chi connectivity index (χ4v) is 4.16. The van der Waals surface area contributed by atoms with Crippen LogP contribution in [-0.2, 0) is 15.1 Å². The Balaban J connectivity index is 1.95. The molecule has 1 spiro atoms. The number of carbonyl (C=O) groups excluding carboxylic acids is 1. The Morgan fingerprint density at radius 3 is 2.81 bits per heavy atom. The molecule has 21 heavy (non-hydrogen) atoms. The van der Waals surface area contributed by atoms with E-state index in [1.807, 2.05) is 44.3 Å². The fraction of sp³-hybridized carbons (Fsp3) is 0.235. The van der Waals surface area contributed by atoms with Gasteiger partial charge in [-0.05, 0) is 35.6 Å². The Labute approximate surface area is 127 Å². The minimum atomic E-state index is -0.926. The highest BCUT2D eigenvalue weighted by Gasteiger charge is 2.55. The molecule has 1 amide bonds. The standard InChI is InChI=1S/C17H15NO2S/c1-11-12(15-8-5-9-21-15)10-20-17(11)13-6-3-4-7-14(13)18(2)16(17)19/h3-9H,10H2,1-2H3. The van der Waals surface area contributed by atoms with Crippen molar-refractivity contribution in [3.63, 3.8) is 0 Å². The number of hydrogen-bond donors (Lipinski definition) is 0. The van der Waals surface area contributed by atoms with Gasteiger partial charge in [0.2, 0.25) is 0 Å². The van der Waals surface area contributed by atoms with Crippen LogP contribution in [0.5, 0.6) is 0 Å². The molecule has 4 heteroatoms. The summed E-state index contributed by atoms with van der Waals surface area (Å²) in [6.45, 7) is 2.51. The summed E-state index contributed by atoms with van der Waals surface area (Å²) >= 11 is 1.69. The van der Waals surface area contributed by atoms with Crippen molar-refractivity contribution >= 4 is 28.5 Å². The molecule has 0 aliphatic carbocycles. The highest BCUT2D eigenvalue weighted by Crippen LogP contribution is 2.52. The largest absolute Gasteiger partial charge is 0.351 e. The second-order valence-corrected chi connectivity index (χ2v) is 6.38. The second kappa shape index (κ2) is 4.29. The van der Waals surface area contributed by atoms with Crippen LogP contribution in [0.2, 0.25) is 0 Å². The van der Waals surface area contributed by atoms with E-state index in [-0.39, 0.29) is 5.91 Å². The number of fused-ring (bicyclic) bond motifs is 2. The van der Waals surface area contributed by atoms with Gasteiger partial charge in [0.15, 0.2) is 5.60 Å². The molecule has 1 aromatic carbocycles. The van der Waals surface area contributed by atoms with Gasteiger partial charge in [-0.2, -0.15) is 0 Å². The third-order valence-electron chi connectivity index (χ3n) is 4.48. The van der Waals surface area contributed by atoms with Crippen LogP contribution in [-0.4, -0.2) is 19.6 Å². The molecule has 2 aliphatic rings. The van der Waals surface area contributed by atoms with E-state index >= 15 is 0 Å². The molecule has 3 nitrogen and oxygen atoms in total. The van der Waals surface area contributed by atoms with Crippen LogP contribution < -0.4 is 4.90 Å². The number of likely N-dealkylation sites (N-methyl/N-ethyl adjacent to an activating group) is 1. The maximum absolute atomic E-state index is 12.9. The van der Waals surface area contributed by atoms with Crippen molar-refractivity contribution < 1.29 is 9.53 Å². The number of rotatable bonds is 1. The zero-order valence-corrected chi connectivity index (χ0v) is 12.7. The van der Waals surface area contributed by atoms with Gasteiger partial charge in [0.25, 0.3) is 5.91 Å². The lowest BCUT2D eigenvalue weighted by Crippen LogP contribution is -2.39. The van der Waals surface area contributed by atoms with Gasteiger partial charge in [-0.3, -0.25) is 4.79 Å². The van der Waals surface area contributed by atoms with Crippen LogP contribution in [0.25, 0.3) is 5.57 Å². The first-order valence-electron chi connectivity index (χ1n) is 6.92. The van der Waals surface area contributed by atoms with Gasteiger partial charge in [-0.1, -0.05) is 24.3 Å². The maximum Gasteiger partial charge on any atom is 0.268 e. The summed E-state index contributed by atoms with van der Waals surface area (Å²) in [4.78, 5) is 15.8. The van der Waals surface area contributed by atoms with Gasteiger partial charge in [0, 0.05) is 17.5 Å². The summed E-state index contributed by atoms with van der Waals surface area (Å²) in [7, 11) is 1.82. The normalized spacial score (nSPS) is 24.3. The molecule has 0 bridgehead atoms. The van der Waals surface area contributed by atoms with E-state index in [0.717, 1.165) is 22.4 Å². The molecule has 1 aromatic heterocycles. The van der Waals surface area contributed by atoms with Crippen LogP contribution in [0, 0.1) is 0 Å². The minimum Gasteiger partial charge on any atom is -0.351 e. The second-order valence-electron chi connectivity index (χ2n) is 5.43. The lowest BCUT2D eigenvalue weighted by atomic mass is 9.87. The molecule has 0 saturated carbocycles. The monoisotopic (exact) mass is 297 g/mol. The first-order valence-corrected chi connectivity index (χ1v) is 7.80. The summed E-state index contributed by atoms with van der Waals surface area (Å²) in [5, 5.41) is 2.05. The molecule has 0 saturated heterocycles. The summed E-state index contributed by atoms with van der Waals surface area (Å²) in [5.41, 5.74) is 3.14. The van der Waals surface area contributed by atoms with Crippen molar-refractivity contribution in [2.75, 3.05) is 18.6 Å². The van der Waals surface area contributed by atoms with Crippen molar-refractivity contribution in [2.24, 2.45) is 0 Å². The molecule has 4 rings (SSSR count). The smallest absolute Gasteiger partial charge is 0.268 e. The molecule has 2 aromatic rings. The average Bonchev–Trinajstić information content (AvgIpc) is 3.18. The molecule has 0 N–H and O–H groups in total. The predicted octanol–water partition coefficient (Wildman–Crippen LogP) is 3.42. The zero-order valence-electron chi connectivity index (χ0n) is 11.9. The zero-order chi connectivity index (χ0) is 14.6. The Kier molecular flexibility index (Phi) is 2.62. The van der Waals surface area contributed by atoms with E-state index < -0.39 is 5.60 Å². The molecule has 1 atom stereocenters. The molecule has 1 unspecified atom stereocenters. The highest BCUT2D eigenvalue weighted by atomic mass is 32.1. The van der Waals surface area contributed by atoms with Crippen LogP contribution in [0.15, 0.2) is 47.4 Å². The highest BCUT2D eigenvalue weighted by molar-refractivity contribution is 7.11. The summed E-state index contributed by atoms with van der Waals surface area (Å²) in [6.07, 6.45) is 0. The predicted molar refractivity (Wildman–Crippen MR) is 84.4 cm³/mol. The number of carbonyl (C=O) groups is 1. The van der Waals surface area contributed by atoms with Crippen LogP contribution in [0.3, 0.4) is 0 Å². The van der Waals surface area contributed by atoms with Gasteiger partial charge in [0.05, 0.1) is 12.3 Å². The minimum absolute atomic E-state index is 0.00718. The van der Waals surface area contributed by atoms with E-state index in [1.54, 1.807) is 16.2 Å². The van der Waals surface area contributed by atoms with Crippen molar-refractivity contribution in [3.05, 3.63) is 57.8 Å². The average molecular weight is 297 g/mol. The lowest BCUT2D eigenvalue weighted by Gasteiger charge is -2.24. The molecule has 106 valence electrons. The molecule has 0 fully saturated rings. The van der Waals surface area contributed by atoms with Gasteiger partial charge in [-0.25, -0.2) is 0 Å². The number of nitrogens with zero attached hydrogens (tertiary/aromatic N) is 1. The topological polar surface area (TPSA) is 29.5 Å². The summed E-state index contributed by atoms with van der Waals surface area (Å²) in [6, 6.07) is 12.0. The van der Waals surface area contributed by atoms with E-state index in [9.17, 15) is 4.79 Å². The van der Waals surface area contributed by atoms with Gasteiger partial charge in [0.1, 0.15) is 0 Å². The Bertz CT molecular complexity index is 763. The molecular weight excluding hydrogens is 282 g/mol. The van der Waals surface area contributed by atoms with Gasteiger partial charge >= 0.3 is 0 Å². The Morgan fingerprint density at radius 2 is 2.05 bits per heavy atom. The number of thiophene rings is 1. The quantitative estimate of drug-likeness (QED) is 0.807. The number of benzene rings is 1. The molecule has 2 aliphatic heterocycles. The number of ether oxygens (including phenoxy) is 1. The van der Waals surface area contributed by atoms with E-state index in [2.05, 4.69) is 11.4 Å². The fourth-order valence-electron chi connectivity index (χ4n) is 3.34. The van der Waals surface area contributed by atoms with Crippen LogP contribution in [0.1, 0.15) is 17.4 Å². The van der Waals surface area contributed by atoms with Crippen LogP contribution >= 0.6 is 11.3 Å². The van der Waals surface area contributed by atoms with Crippen molar-refractivity contribution in [1.29, 1.82) is 0 Å². The molecule has 3 heterocycles. The Morgan fingerprint density at radius 1 is 1.24 bits per heavy atom. The Hall–Kier alpha value is -1.91. The van der Waals surface area contributed by atoms with E-state index in [0.29, 0.717) is 6.61 Å². The van der Waals surface area contributed by atoms with Crippen LogP contribution in [0.4, 0.5) is 5.69 Å². The van der Waals surface area contributed by atoms with Crippen molar-refractivity contribution in [1.82, 2.24) is 0 Å². The number of amides is 1. The molecular formula is C17H15NO2S. The number of hydrogen-bond acceptors (Lipinski definition) is 3. The van der Waals surface area contributed by atoms with Crippen molar-refractivity contribution in [2.45, 2.75) is 12.5 Å². The van der Waals surface area contributed by atoms with Gasteiger partial charge in [-0.15, -0.1) is 11.3 Å². The third-order valence-corrected chi connectivity index (χ3v) is 5.41. The molecule has 0 radical (unpaired) electrons. The number of anilines is 1. The lowest BCUT2D eigenvalue weighted by molar-refractivity contribution is -0.135. The van der Waals surface area contributed by atoms with E-state index in [1.165, 1.54) is 4.88 Å². The third kappa shape index (κ3) is 1.49. The first-order chi connectivity index (χ1) is 10.2. The first kappa shape index (κ1) is 12.8. The van der Waals surface area contributed by atoms with E-state index in [4.69, 9.17) is 4.74 Å². The SMILES string of the molecule is CC1=C(c2cccs2)COC12C(=O)N(C)c1ccccc12. The summed E-state index contributed by atoms with van der Waals surface area (Å²) in [5.74, 6) is 0.00718. The number of para-hydroxylation sites is 1. The van der Waals surface area contributed by atoms with Crippen molar-refractivity contribution in [3.8, 4) is 0 Å². The maximum atomic E-state index is 12.9.